The maximum absolute atomic E-state index is 12.0. The van der Waals surface area contributed by atoms with Crippen LogP contribution >= 0.6 is 0 Å². The number of rotatable bonds is 5. The number of hydrogen-bond donors (Lipinski definition) is 2. The van der Waals surface area contributed by atoms with Gasteiger partial charge in [0.05, 0.1) is 11.0 Å². The van der Waals surface area contributed by atoms with Crippen molar-refractivity contribution in [2.75, 3.05) is 19.6 Å². The lowest BCUT2D eigenvalue weighted by Gasteiger charge is -2.15. The molecular weight excluding hydrogens is 288 g/mol. The Morgan fingerprint density at radius 1 is 1.33 bits per heavy atom. The van der Waals surface area contributed by atoms with E-state index in [0.717, 1.165) is 35.3 Å². The molecule has 1 aliphatic heterocycles. The quantitative estimate of drug-likeness (QED) is 0.875. The molecule has 1 fully saturated rings. The van der Waals surface area contributed by atoms with Crippen LogP contribution in [0.25, 0.3) is 11.0 Å². The second-order valence-corrected chi connectivity index (χ2v) is 7.17. The van der Waals surface area contributed by atoms with Crippen molar-refractivity contribution in [3.8, 4) is 0 Å². The van der Waals surface area contributed by atoms with Crippen molar-refractivity contribution >= 4 is 21.2 Å². The highest BCUT2D eigenvalue weighted by Crippen LogP contribution is 2.15. The van der Waals surface area contributed by atoms with Gasteiger partial charge >= 0.3 is 0 Å². The first kappa shape index (κ1) is 14.5. The van der Waals surface area contributed by atoms with Crippen molar-refractivity contribution in [2.45, 2.75) is 26.2 Å². The summed E-state index contributed by atoms with van der Waals surface area (Å²) >= 11 is 0. The Bertz CT molecular complexity index is 733. The summed E-state index contributed by atoms with van der Waals surface area (Å²) in [5.74, 6) is 0.809. The van der Waals surface area contributed by atoms with Crippen LogP contribution in [0.5, 0.6) is 0 Å². The number of aryl methyl sites for hydroxylation is 1. The van der Waals surface area contributed by atoms with Gasteiger partial charge in [-0.15, -0.1) is 0 Å². The second kappa shape index (κ2) is 5.75. The lowest BCUT2D eigenvalue weighted by Crippen LogP contribution is -2.39. The van der Waals surface area contributed by atoms with Crippen molar-refractivity contribution < 1.29 is 8.42 Å². The van der Waals surface area contributed by atoms with Gasteiger partial charge < -0.3 is 4.98 Å². The molecule has 2 N–H and O–H groups in total. The summed E-state index contributed by atoms with van der Waals surface area (Å²) in [4.78, 5) is 7.76. The second-order valence-electron chi connectivity index (χ2n) is 5.41. The molecule has 114 valence electrons. The third kappa shape index (κ3) is 3.09. The summed E-state index contributed by atoms with van der Waals surface area (Å²) in [5, 5.41) is 0. The van der Waals surface area contributed by atoms with E-state index in [9.17, 15) is 8.42 Å². The van der Waals surface area contributed by atoms with E-state index in [-0.39, 0.29) is 0 Å². The highest BCUT2D eigenvalue weighted by Gasteiger charge is 2.24. The molecule has 0 bridgehead atoms. The van der Waals surface area contributed by atoms with Gasteiger partial charge in [-0.2, -0.15) is 12.7 Å². The monoisotopic (exact) mass is 308 g/mol. The molecule has 1 saturated heterocycles. The molecule has 1 aromatic heterocycles. The van der Waals surface area contributed by atoms with Gasteiger partial charge in [-0.3, -0.25) is 0 Å². The standard InChI is InChI=1S/C14H20N4O2S/c1-11-5-4-6-12-14(11)17-13(16-12)7-8-15-21(19,20)18-9-2-3-10-18/h4-6,15H,2-3,7-10H2,1H3,(H,16,17). The predicted molar refractivity (Wildman–Crippen MR) is 82.3 cm³/mol. The third-order valence-electron chi connectivity index (χ3n) is 3.81. The largest absolute Gasteiger partial charge is 0.342 e. The summed E-state index contributed by atoms with van der Waals surface area (Å²) in [6.45, 7) is 3.62. The maximum Gasteiger partial charge on any atom is 0.279 e. The molecule has 0 spiro atoms. The van der Waals surface area contributed by atoms with E-state index in [1.807, 2.05) is 25.1 Å². The number of hydrogen-bond acceptors (Lipinski definition) is 3. The number of benzene rings is 1. The number of nitrogens with one attached hydrogen (secondary N) is 2. The Labute approximate surface area is 124 Å². The van der Waals surface area contributed by atoms with Crippen LogP contribution in [0.3, 0.4) is 0 Å². The van der Waals surface area contributed by atoms with E-state index in [4.69, 9.17) is 0 Å². The number of aromatic nitrogens is 2. The van der Waals surface area contributed by atoms with Crippen LogP contribution in [-0.2, 0) is 16.6 Å². The molecule has 2 aromatic rings. The van der Waals surface area contributed by atoms with Gasteiger partial charge in [0.25, 0.3) is 10.2 Å². The molecule has 0 atom stereocenters. The van der Waals surface area contributed by atoms with Crippen LogP contribution in [0.2, 0.25) is 0 Å². The fourth-order valence-corrected chi connectivity index (χ4v) is 3.94. The molecule has 1 aliphatic rings. The molecule has 0 amide bonds. The minimum absolute atomic E-state index is 0.359. The van der Waals surface area contributed by atoms with Gasteiger partial charge in [0.15, 0.2) is 0 Å². The van der Waals surface area contributed by atoms with Crippen LogP contribution in [-0.4, -0.2) is 42.3 Å². The van der Waals surface area contributed by atoms with Gasteiger partial charge in [-0.25, -0.2) is 9.71 Å². The zero-order valence-corrected chi connectivity index (χ0v) is 12.9. The summed E-state index contributed by atoms with van der Waals surface area (Å²) in [6.07, 6.45) is 2.45. The van der Waals surface area contributed by atoms with Crippen LogP contribution < -0.4 is 4.72 Å². The van der Waals surface area contributed by atoms with Gasteiger partial charge in [-0.1, -0.05) is 12.1 Å². The number of nitrogens with zero attached hydrogens (tertiary/aromatic N) is 2. The van der Waals surface area contributed by atoms with E-state index >= 15 is 0 Å². The number of H-pyrrole nitrogens is 1. The number of imidazole rings is 1. The Kier molecular flexibility index (Phi) is 3.97. The third-order valence-corrected chi connectivity index (χ3v) is 5.43. The van der Waals surface area contributed by atoms with Crippen molar-refractivity contribution in [1.29, 1.82) is 0 Å². The Balaban J connectivity index is 1.63. The minimum atomic E-state index is -3.33. The van der Waals surface area contributed by atoms with Crippen LogP contribution in [0.1, 0.15) is 24.2 Å². The lowest BCUT2D eigenvalue weighted by molar-refractivity contribution is 0.465. The number of fused-ring (bicyclic) bond motifs is 1. The number of para-hydroxylation sites is 1. The van der Waals surface area contributed by atoms with E-state index < -0.39 is 10.2 Å². The van der Waals surface area contributed by atoms with Crippen molar-refractivity contribution in [3.63, 3.8) is 0 Å². The van der Waals surface area contributed by atoms with E-state index in [1.54, 1.807) is 0 Å². The average molecular weight is 308 g/mol. The normalized spacial score (nSPS) is 16.8. The SMILES string of the molecule is Cc1cccc2[nH]c(CCNS(=O)(=O)N3CCCC3)nc12. The summed E-state index contributed by atoms with van der Waals surface area (Å²) in [5.41, 5.74) is 3.06. The Hall–Kier alpha value is -1.44. The smallest absolute Gasteiger partial charge is 0.279 e. The van der Waals surface area contributed by atoms with Crippen LogP contribution in [0.15, 0.2) is 18.2 Å². The molecule has 0 saturated carbocycles. The van der Waals surface area contributed by atoms with Crippen molar-refractivity contribution in [2.24, 2.45) is 0 Å². The van der Waals surface area contributed by atoms with Gasteiger partial charge in [0.2, 0.25) is 0 Å². The highest BCUT2D eigenvalue weighted by molar-refractivity contribution is 7.87. The Morgan fingerprint density at radius 3 is 2.81 bits per heavy atom. The summed E-state index contributed by atoms with van der Waals surface area (Å²) in [6, 6.07) is 5.98. The van der Waals surface area contributed by atoms with Crippen molar-refractivity contribution in [3.05, 3.63) is 29.6 Å². The molecule has 0 aliphatic carbocycles. The number of aromatic amines is 1. The van der Waals surface area contributed by atoms with E-state index in [2.05, 4.69) is 14.7 Å². The molecule has 6 nitrogen and oxygen atoms in total. The first-order chi connectivity index (χ1) is 10.1. The van der Waals surface area contributed by atoms with E-state index in [1.165, 1.54) is 4.31 Å². The van der Waals surface area contributed by atoms with Gasteiger partial charge in [0.1, 0.15) is 5.82 Å². The lowest BCUT2D eigenvalue weighted by atomic mass is 10.2. The topological polar surface area (TPSA) is 78.1 Å². The average Bonchev–Trinajstić information content (AvgIpc) is 3.07. The first-order valence-electron chi connectivity index (χ1n) is 7.25. The van der Waals surface area contributed by atoms with Crippen molar-refractivity contribution in [1.82, 2.24) is 19.0 Å². The highest BCUT2D eigenvalue weighted by atomic mass is 32.2. The van der Waals surface area contributed by atoms with Gasteiger partial charge in [-0.05, 0) is 31.4 Å². The summed E-state index contributed by atoms with van der Waals surface area (Å²) in [7, 11) is -3.33. The van der Waals surface area contributed by atoms with E-state index in [0.29, 0.717) is 26.1 Å². The fraction of sp³-hybridized carbons (Fsp3) is 0.500. The molecule has 21 heavy (non-hydrogen) atoms. The fourth-order valence-electron chi connectivity index (χ4n) is 2.66. The van der Waals surface area contributed by atoms with Crippen LogP contribution in [0, 0.1) is 6.92 Å². The molecule has 3 rings (SSSR count). The zero-order valence-electron chi connectivity index (χ0n) is 12.1. The predicted octanol–water partition coefficient (Wildman–Crippen LogP) is 1.34. The molecule has 1 aromatic carbocycles. The summed E-state index contributed by atoms with van der Waals surface area (Å²) < 4.78 is 28.2. The molecule has 2 heterocycles. The van der Waals surface area contributed by atoms with Gasteiger partial charge in [0, 0.05) is 26.1 Å². The zero-order chi connectivity index (χ0) is 14.9. The Morgan fingerprint density at radius 2 is 2.10 bits per heavy atom. The van der Waals surface area contributed by atoms with Crippen LogP contribution in [0.4, 0.5) is 0 Å². The molecular formula is C14H20N4O2S. The first-order valence-corrected chi connectivity index (χ1v) is 8.69. The molecule has 7 heteroatoms. The minimum Gasteiger partial charge on any atom is -0.342 e. The molecule has 0 radical (unpaired) electrons. The maximum atomic E-state index is 12.0. The molecule has 0 unspecified atom stereocenters.